The monoisotopic (exact) mass is 248 g/mol. The average Bonchev–Trinajstić information content (AvgIpc) is 2.81. The van der Waals surface area contributed by atoms with Crippen LogP contribution in [0.1, 0.15) is 5.56 Å². The van der Waals surface area contributed by atoms with Gasteiger partial charge in [0.1, 0.15) is 5.75 Å². The molecule has 0 aliphatic carbocycles. The summed E-state index contributed by atoms with van der Waals surface area (Å²) in [4.78, 5) is 5.95. The molecule has 0 saturated heterocycles. The van der Waals surface area contributed by atoms with Gasteiger partial charge in [-0.05, 0) is 18.3 Å². The van der Waals surface area contributed by atoms with Crippen LogP contribution in [0.25, 0.3) is 11.5 Å². The van der Waals surface area contributed by atoms with Gasteiger partial charge in [-0.15, -0.1) is 0 Å². The summed E-state index contributed by atoms with van der Waals surface area (Å²) in [6.45, 7) is 0.578. The fraction of sp³-hybridized carbons (Fsp3) is 0.333. The van der Waals surface area contributed by atoms with Gasteiger partial charge in [0, 0.05) is 26.2 Å². The van der Waals surface area contributed by atoms with Crippen LogP contribution < -0.4 is 10.2 Å². The third-order valence-corrected chi connectivity index (χ3v) is 2.53. The predicted molar refractivity (Wildman–Crippen MR) is 68.5 cm³/mol. The summed E-state index contributed by atoms with van der Waals surface area (Å²) in [5, 5.41) is 17.0. The van der Waals surface area contributed by atoms with Gasteiger partial charge in [0.15, 0.2) is 0 Å². The molecule has 0 aliphatic heterocycles. The number of anilines is 1. The molecular weight excluding hydrogens is 232 g/mol. The van der Waals surface area contributed by atoms with E-state index in [4.69, 9.17) is 4.52 Å². The number of nitrogens with one attached hydrogen (secondary N) is 1. The van der Waals surface area contributed by atoms with E-state index in [1.54, 1.807) is 11.0 Å². The molecule has 6 heteroatoms. The van der Waals surface area contributed by atoms with Gasteiger partial charge < -0.3 is 19.8 Å². The Morgan fingerprint density at radius 2 is 2.17 bits per heavy atom. The fourth-order valence-corrected chi connectivity index (χ4v) is 1.60. The first-order valence-corrected chi connectivity index (χ1v) is 5.60. The summed E-state index contributed by atoms with van der Waals surface area (Å²) >= 11 is 0. The lowest BCUT2D eigenvalue weighted by Gasteiger charge is -2.06. The molecule has 0 spiro atoms. The Hall–Kier alpha value is -2.08. The van der Waals surface area contributed by atoms with Crippen molar-refractivity contribution >= 4 is 5.95 Å². The number of hydrogen-bond acceptors (Lipinski definition) is 6. The van der Waals surface area contributed by atoms with Crippen LogP contribution in [0.4, 0.5) is 5.95 Å². The lowest BCUT2D eigenvalue weighted by Crippen LogP contribution is -2.10. The van der Waals surface area contributed by atoms with Crippen LogP contribution in [0.3, 0.4) is 0 Å². The zero-order valence-corrected chi connectivity index (χ0v) is 10.6. The Bertz CT molecular complexity index is 537. The topological polar surface area (TPSA) is 74.4 Å². The van der Waals surface area contributed by atoms with Crippen LogP contribution >= 0.6 is 0 Å². The first kappa shape index (κ1) is 12.4. The molecule has 0 unspecified atom stereocenters. The summed E-state index contributed by atoms with van der Waals surface area (Å²) in [5.41, 5.74) is 1.34. The molecule has 0 radical (unpaired) electrons. The summed E-state index contributed by atoms with van der Waals surface area (Å²) in [6.07, 6.45) is 0. The van der Waals surface area contributed by atoms with Crippen LogP contribution in [0.2, 0.25) is 0 Å². The second-order valence-corrected chi connectivity index (χ2v) is 4.14. The van der Waals surface area contributed by atoms with Crippen LogP contribution in [-0.4, -0.2) is 36.4 Å². The Labute approximate surface area is 105 Å². The second-order valence-electron chi connectivity index (χ2n) is 4.14. The van der Waals surface area contributed by atoms with Crippen molar-refractivity contribution in [2.75, 3.05) is 26.0 Å². The number of hydrogen-bond donors (Lipinski definition) is 2. The number of aromatic nitrogens is 2. The van der Waals surface area contributed by atoms with E-state index in [0.717, 1.165) is 5.56 Å². The zero-order chi connectivity index (χ0) is 13.1. The van der Waals surface area contributed by atoms with Crippen LogP contribution in [0, 0.1) is 0 Å². The first-order chi connectivity index (χ1) is 8.63. The minimum absolute atomic E-state index is 0.167. The molecule has 1 aromatic carbocycles. The molecule has 0 atom stereocenters. The quantitative estimate of drug-likeness (QED) is 0.847. The Kier molecular flexibility index (Phi) is 3.47. The maximum absolute atomic E-state index is 10.1. The Morgan fingerprint density at radius 1 is 1.39 bits per heavy atom. The molecule has 0 aliphatic rings. The lowest BCUT2D eigenvalue weighted by molar-refractivity contribution is 0.423. The molecule has 6 nitrogen and oxygen atoms in total. The largest absolute Gasteiger partial charge is 0.507 e. The van der Waals surface area contributed by atoms with Gasteiger partial charge in [-0.1, -0.05) is 12.1 Å². The molecule has 1 heterocycles. The van der Waals surface area contributed by atoms with Crippen molar-refractivity contribution in [3.63, 3.8) is 0 Å². The molecular formula is C12H16N4O2. The van der Waals surface area contributed by atoms with Gasteiger partial charge >= 0.3 is 0 Å². The highest BCUT2D eigenvalue weighted by molar-refractivity contribution is 5.65. The van der Waals surface area contributed by atoms with E-state index in [9.17, 15) is 5.11 Å². The third kappa shape index (κ3) is 2.28. The number of aromatic hydroxyl groups is 1. The predicted octanol–water partition coefficient (Wildman–Crippen LogP) is 1.23. The normalized spacial score (nSPS) is 10.6. The van der Waals surface area contributed by atoms with E-state index < -0.39 is 0 Å². The van der Waals surface area contributed by atoms with E-state index in [0.29, 0.717) is 23.9 Å². The van der Waals surface area contributed by atoms with Gasteiger partial charge in [0.05, 0.1) is 5.56 Å². The van der Waals surface area contributed by atoms with Crippen molar-refractivity contribution in [2.24, 2.45) is 0 Å². The van der Waals surface area contributed by atoms with E-state index >= 15 is 0 Å². The van der Waals surface area contributed by atoms with Crippen LogP contribution in [-0.2, 0) is 6.54 Å². The highest BCUT2D eigenvalue weighted by Gasteiger charge is 2.15. The summed E-state index contributed by atoms with van der Waals surface area (Å²) in [6, 6.07) is 5.45. The number of para-hydroxylation sites is 1. The van der Waals surface area contributed by atoms with Crippen molar-refractivity contribution in [1.29, 1.82) is 0 Å². The van der Waals surface area contributed by atoms with Gasteiger partial charge in [-0.2, -0.15) is 4.98 Å². The number of phenolic OH excluding ortho intramolecular Hbond substituents is 1. The van der Waals surface area contributed by atoms with Crippen molar-refractivity contribution in [1.82, 2.24) is 15.5 Å². The van der Waals surface area contributed by atoms with Crippen molar-refractivity contribution in [3.8, 4) is 17.2 Å². The maximum Gasteiger partial charge on any atom is 0.265 e. The maximum atomic E-state index is 10.1. The van der Waals surface area contributed by atoms with E-state index in [1.165, 1.54) is 0 Å². The lowest BCUT2D eigenvalue weighted by atomic mass is 10.1. The summed E-state index contributed by atoms with van der Waals surface area (Å²) < 4.78 is 5.14. The average molecular weight is 248 g/mol. The smallest absolute Gasteiger partial charge is 0.265 e. The Morgan fingerprint density at radius 3 is 2.78 bits per heavy atom. The minimum atomic E-state index is 0.167. The van der Waals surface area contributed by atoms with Crippen molar-refractivity contribution in [2.45, 2.75) is 6.54 Å². The SMILES string of the molecule is CNCc1cccc(-c2nc(N(C)C)no2)c1O. The number of benzene rings is 1. The molecule has 2 N–H and O–H groups in total. The third-order valence-electron chi connectivity index (χ3n) is 2.53. The summed E-state index contributed by atoms with van der Waals surface area (Å²) in [5.74, 6) is 0.957. The van der Waals surface area contributed by atoms with E-state index in [1.807, 2.05) is 33.3 Å². The zero-order valence-electron chi connectivity index (χ0n) is 10.6. The standard InChI is InChI=1S/C12H16N4O2/c1-13-7-8-5-4-6-9(10(8)17)11-14-12(15-18-11)16(2)3/h4-6,13,17H,7H2,1-3H3. The molecule has 18 heavy (non-hydrogen) atoms. The Balaban J connectivity index is 2.40. The second kappa shape index (κ2) is 5.05. The molecule has 0 bridgehead atoms. The molecule has 0 fully saturated rings. The number of nitrogens with zero attached hydrogens (tertiary/aromatic N) is 3. The molecule has 96 valence electrons. The first-order valence-electron chi connectivity index (χ1n) is 5.60. The van der Waals surface area contributed by atoms with Crippen molar-refractivity contribution in [3.05, 3.63) is 23.8 Å². The molecule has 0 saturated carbocycles. The minimum Gasteiger partial charge on any atom is -0.507 e. The van der Waals surface area contributed by atoms with Gasteiger partial charge in [-0.25, -0.2) is 0 Å². The number of phenols is 1. The highest BCUT2D eigenvalue weighted by Crippen LogP contribution is 2.31. The fourth-order valence-electron chi connectivity index (χ4n) is 1.60. The van der Waals surface area contributed by atoms with E-state index in [-0.39, 0.29) is 5.75 Å². The molecule has 0 amide bonds. The van der Waals surface area contributed by atoms with Crippen LogP contribution in [0.5, 0.6) is 5.75 Å². The van der Waals surface area contributed by atoms with Gasteiger partial charge in [0.2, 0.25) is 0 Å². The summed E-state index contributed by atoms with van der Waals surface area (Å²) in [7, 11) is 5.47. The van der Waals surface area contributed by atoms with Crippen LogP contribution in [0.15, 0.2) is 22.7 Å². The van der Waals surface area contributed by atoms with Gasteiger partial charge in [-0.3, -0.25) is 0 Å². The van der Waals surface area contributed by atoms with E-state index in [2.05, 4.69) is 15.5 Å². The molecule has 2 rings (SSSR count). The molecule has 1 aromatic heterocycles. The highest BCUT2D eigenvalue weighted by atomic mass is 16.5. The van der Waals surface area contributed by atoms with Gasteiger partial charge in [0.25, 0.3) is 11.8 Å². The number of rotatable bonds is 4. The molecule has 2 aromatic rings. The van der Waals surface area contributed by atoms with Crippen molar-refractivity contribution < 1.29 is 9.63 Å².